The molecule has 0 spiro atoms. The standard InChI is InChI=1S/C17H18FNO4S/c1-20-13-6-5-11(9-12(13)18)19-17(24)10-7-14(21-2)16(23-4)15(8-10)22-3/h5-9H,1-4H3,(H,19,24). The first-order valence-corrected chi connectivity index (χ1v) is 7.39. The molecule has 0 amide bonds. The third-order valence-corrected chi connectivity index (χ3v) is 3.67. The molecular formula is C17H18FNO4S. The zero-order valence-electron chi connectivity index (χ0n) is 13.8. The van der Waals surface area contributed by atoms with Crippen LogP contribution in [0.4, 0.5) is 10.1 Å². The monoisotopic (exact) mass is 351 g/mol. The average Bonchev–Trinajstić information content (AvgIpc) is 2.60. The fourth-order valence-corrected chi connectivity index (χ4v) is 2.40. The van der Waals surface area contributed by atoms with Crippen LogP contribution in [-0.4, -0.2) is 33.4 Å². The van der Waals surface area contributed by atoms with E-state index in [0.29, 0.717) is 33.5 Å². The summed E-state index contributed by atoms with van der Waals surface area (Å²) >= 11 is 5.38. The van der Waals surface area contributed by atoms with Gasteiger partial charge in [-0.1, -0.05) is 12.2 Å². The Hall–Kier alpha value is -2.54. The summed E-state index contributed by atoms with van der Waals surface area (Å²) in [7, 11) is 5.98. The van der Waals surface area contributed by atoms with Crippen molar-refractivity contribution in [3.05, 3.63) is 41.7 Å². The van der Waals surface area contributed by atoms with Crippen molar-refractivity contribution in [2.24, 2.45) is 0 Å². The fraction of sp³-hybridized carbons (Fsp3) is 0.235. The highest BCUT2D eigenvalue weighted by Gasteiger charge is 2.15. The first-order chi connectivity index (χ1) is 11.5. The Kier molecular flexibility index (Phi) is 5.81. The van der Waals surface area contributed by atoms with E-state index < -0.39 is 5.82 Å². The van der Waals surface area contributed by atoms with Crippen LogP contribution >= 0.6 is 12.2 Å². The van der Waals surface area contributed by atoms with Crippen LogP contribution < -0.4 is 24.3 Å². The molecule has 0 aromatic heterocycles. The summed E-state index contributed by atoms with van der Waals surface area (Å²) in [5, 5.41) is 2.97. The van der Waals surface area contributed by atoms with E-state index in [2.05, 4.69) is 5.32 Å². The number of nitrogens with one attached hydrogen (secondary N) is 1. The summed E-state index contributed by atoms with van der Waals surface area (Å²) in [6.45, 7) is 0. The summed E-state index contributed by atoms with van der Waals surface area (Å²) in [6, 6.07) is 7.94. The summed E-state index contributed by atoms with van der Waals surface area (Å²) < 4.78 is 34.5. The van der Waals surface area contributed by atoms with E-state index in [1.165, 1.54) is 40.6 Å². The molecule has 0 heterocycles. The third kappa shape index (κ3) is 3.68. The molecule has 0 aliphatic rings. The van der Waals surface area contributed by atoms with Gasteiger partial charge in [0.1, 0.15) is 4.99 Å². The minimum Gasteiger partial charge on any atom is -0.494 e. The number of methoxy groups -OCH3 is 4. The van der Waals surface area contributed by atoms with Gasteiger partial charge < -0.3 is 24.3 Å². The highest BCUT2D eigenvalue weighted by atomic mass is 32.1. The van der Waals surface area contributed by atoms with Gasteiger partial charge in [-0.15, -0.1) is 0 Å². The molecule has 0 aliphatic carbocycles. The van der Waals surface area contributed by atoms with Gasteiger partial charge in [0.05, 0.1) is 28.4 Å². The van der Waals surface area contributed by atoms with Gasteiger partial charge in [0.15, 0.2) is 23.1 Å². The van der Waals surface area contributed by atoms with Crippen molar-refractivity contribution in [3.63, 3.8) is 0 Å². The summed E-state index contributed by atoms with van der Waals surface area (Å²) in [5.41, 5.74) is 1.16. The molecule has 128 valence electrons. The molecular weight excluding hydrogens is 333 g/mol. The maximum absolute atomic E-state index is 13.8. The Labute approximate surface area is 145 Å². The van der Waals surface area contributed by atoms with Gasteiger partial charge in [-0.2, -0.15) is 0 Å². The summed E-state index contributed by atoms with van der Waals surface area (Å²) in [4.78, 5) is 0.388. The number of hydrogen-bond acceptors (Lipinski definition) is 5. The van der Waals surface area contributed by atoms with E-state index in [-0.39, 0.29) is 5.75 Å². The first-order valence-electron chi connectivity index (χ1n) is 6.99. The van der Waals surface area contributed by atoms with Gasteiger partial charge in [-0.3, -0.25) is 0 Å². The minimum atomic E-state index is -0.477. The predicted molar refractivity (Wildman–Crippen MR) is 94.4 cm³/mol. The topological polar surface area (TPSA) is 49.0 Å². The lowest BCUT2D eigenvalue weighted by atomic mass is 10.1. The molecule has 7 heteroatoms. The number of benzene rings is 2. The normalized spacial score (nSPS) is 10.0. The number of hydrogen-bond donors (Lipinski definition) is 1. The smallest absolute Gasteiger partial charge is 0.203 e. The molecule has 0 unspecified atom stereocenters. The second kappa shape index (κ2) is 7.83. The number of anilines is 1. The molecule has 0 radical (unpaired) electrons. The molecule has 1 N–H and O–H groups in total. The van der Waals surface area contributed by atoms with Crippen LogP contribution in [0.2, 0.25) is 0 Å². The Morgan fingerprint density at radius 1 is 0.875 bits per heavy atom. The Morgan fingerprint density at radius 3 is 1.92 bits per heavy atom. The van der Waals surface area contributed by atoms with Crippen molar-refractivity contribution in [2.75, 3.05) is 33.8 Å². The van der Waals surface area contributed by atoms with E-state index in [1.54, 1.807) is 18.2 Å². The Morgan fingerprint density at radius 2 is 1.46 bits per heavy atom. The molecule has 0 fully saturated rings. The number of thiocarbonyl (C=S) groups is 1. The minimum absolute atomic E-state index is 0.166. The molecule has 5 nitrogen and oxygen atoms in total. The fourth-order valence-electron chi connectivity index (χ4n) is 2.16. The molecule has 0 saturated carbocycles. The van der Waals surface area contributed by atoms with Crippen LogP contribution in [0.25, 0.3) is 0 Å². The van der Waals surface area contributed by atoms with Crippen molar-refractivity contribution in [1.82, 2.24) is 0 Å². The number of ether oxygens (including phenoxy) is 4. The van der Waals surface area contributed by atoms with Crippen molar-refractivity contribution in [3.8, 4) is 23.0 Å². The molecule has 24 heavy (non-hydrogen) atoms. The highest BCUT2D eigenvalue weighted by molar-refractivity contribution is 7.81. The van der Waals surface area contributed by atoms with Gasteiger partial charge in [0, 0.05) is 17.3 Å². The van der Waals surface area contributed by atoms with E-state index in [1.807, 2.05) is 0 Å². The van der Waals surface area contributed by atoms with E-state index in [0.717, 1.165) is 0 Å². The van der Waals surface area contributed by atoms with Crippen LogP contribution in [0.15, 0.2) is 30.3 Å². The molecule has 2 rings (SSSR count). The molecule has 0 saturated heterocycles. The molecule has 2 aromatic rings. The maximum Gasteiger partial charge on any atom is 0.203 e. The van der Waals surface area contributed by atoms with E-state index in [9.17, 15) is 4.39 Å². The molecule has 2 aromatic carbocycles. The van der Waals surface area contributed by atoms with Crippen LogP contribution in [0.3, 0.4) is 0 Å². The Balaban J connectivity index is 2.31. The van der Waals surface area contributed by atoms with Crippen molar-refractivity contribution in [2.45, 2.75) is 0 Å². The van der Waals surface area contributed by atoms with Gasteiger partial charge in [-0.25, -0.2) is 4.39 Å². The first kappa shape index (κ1) is 17.8. The quantitative estimate of drug-likeness (QED) is 0.802. The van der Waals surface area contributed by atoms with Gasteiger partial charge in [-0.05, 0) is 24.3 Å². The second-order valence-corrected chi connectivity index (χ2v) is 5.13. The zero-order chi connectivity index (χ0) is 17.7. The third-order valence-electron chi connectivity index (χ3n) is 3.34. The molecule has 0 atom stereocenters. The second-order valence-electron chi connectivity index (χ2n) is 4.72. The highest BCUT2D eigenvalue weighted by Crippen LogP contribution is 2.38. The predicted octanol–water partition coefficient (Wildman–Crippen LogP) is 3.65. The lowest BCUT2D eigenvalue weighted by Gasteiger charge is -2.15. The molecule has 0 bridgehead atoms. The van der Waals surface area contributed by atoms with Crippen LogP contribution in [-0.2, 0) is 0 Å². The summed E-state index contributed by atoms with van der Waals surface area (Å²) in [6.07, 6.45) is 0. The van der Waals surface area contributed by atoms with Crippen LogP contribution in [0, 0.1) is 5.82 Å². The van der Waals surface area contributed by atoms with Gasteiger partial charge in [0.25, 0.3) is 0 Å². The number of rotatable bonds is 6. The van der Waals surface area contributed by atoms with E-state index in [4.69, 9.17) is 31.2 Å². The van der Waals surface area contributed by atoms with Crippen molar-refractivity contribution >= 4 is 22.9 Å². The van der Waals surface area contributed by atoms with E-state index >= 15 is 0 Å². The molecule has 0 aliphatic heterocycles. The lowest BCUT2D eigenvalue weighted by Crippen LogP contribution is -2.11. The van der Waals surface area contributed by atoms with Crippen LogP contribution in [0.5, 0.6) is 23.0 Å². The Bertz CT molecular complexity index is 726. The maximum atomic E-state index is 13.8. The largest absolute Gasteiger partial charge is 0.494 e. The van der Waals surface area contributed by atoms with Crippen molar-refractivity contribution < 1.29 is 23.3 Å². The average molecular weight is 351 g/mol. The number of halogens is 1. The van der Waals surface area contributed by atoms with Crippen LogP contribution in [0.1, 0.15) is 5.56 Å². The van der Waals surface area contributed by atoms with Gasteiger partial charge >= 0.3 is 0 Å². The lowest BCUT2D eigenvalue weighted by molar-refractivity contribution is 0.324. The van der Waals surface area contributed by atoms with Gasteiger partial charge in [0.2, 0.25) is 5.75 Å². The summed E-state index contributed by atoms with van der Waals surface area (Å²) in [5.74, 6) is 1.13. The SMILES string of the molecule is COc1ccc(NC(=S)c2cc(OC)c(OC)c(OC)c2)cc1F. The van der Waals surface area contributed by atoms with Crippen molar-refractivity contribution in [1.29, 1.82) is 0 Å². The zero-order valence-corrected chi connectivity index (χ0v) is 14.6.